The molecule has 0 saturated heterocycles. The first kappa shape index (κ1) is 18.4. The van der Waals surface area contributed by atoms with Gasteiger partial charge in [0.25, 0.3) is 0 Å². The van der Waals surface area contributed by atoms with Crippen molar-refractivity contribution >= 4 is 17.3 Å². The molecule has 1 heterocycles. The quantitative estimate of drug-likeness (QED) is 0.250. The Bertz CT molecular complexity index is 659. The predicted octanol–water partition coefficient (Wildman–Crippen LogP) is 5.80. The lowest BCUT2D eigenvalue weighted by molar-refractivity contribution is -0.129. The van der Waals surface area contributed by atoms with Crippen molar-refractivity contribution in [3.63, 3.8) is 0 Å². The number of rotatable bonds is 9. The molecule has 0 unspecified atom stereocenters. The monoisotopic (exact) mass is 343 g/mol. The van der Waals surface area contributed by atoms with Crippen LogP contribution in [0.25, 0.3) is 10.6 Å². The van der Waals surface area contributed by atoms with Crippen LogP contribution in [0.3, 0.4) is 0 Å². The summed E-state index contributed by atoms with van der Waals surface area (Å²) < 4.78 is 5.31. The van der Waals surface area contributed by atoms with E-state index in [9.17, 15) is 4.79 Å². The minimum Gasteiger partial charge on any atom is -0.423 e. The van der Waals surface area contributed by atoms with Gasteiger partial charge >= 0.3 is 5.97 Å². The average molecular weight is 343 g/mol. The van der Waals surface area contributed by atoms with Crippen molar-refractivity contribution < 1.29 is 9.53 Å². The van der Waals surface area contributed by atoms with Crippen LogP contribution >= 0.6 is 11.3 Å². The van der Waals surface area contributed by atoms with E-state index in [4.69, 9.17) is 4.74 Å². The molecule has 0 N–H and O–H groups in total. The fourth-order valence-electron chi connectivity index (χ4n) is 2.31. The standard InChI is InChI=1S/C20H25NO2S/c1-3-5-6-7-8-10-19(22)23-17-13-11-16(12-14-17)20-21-15-18(24-20)9-4-2/h8,10-15H,3-7,9H2,1-2H3. The molecule has 2 rings (SSSR count). The number of hydrogen-bond acceptors (Lipinski definition) is 4. The minimum absolute atomic E-state index is 0.321. The molecule has 2 aromatic rings. The van der Waals surface area contributed by atoms with E-state index in [1.54, 1.807) is 11.3 Å². The molecular weight excluding hydrogens is 318 g/mol. The van der Waals surface area contributed by atoms with Crippen LogP contribution in [-0.4, -0.2) is 11.0 Å². The number of carbonyl (C=O) groups is 1. The number of hydrogen-bond donors (Lipinski definition) is 0. The largest absolute Gasteiger partial charge is 0.423 e. The Kier molecular flexibility index (Phi) is 7.69. The van der Waals surface area contributed by atoms with Crippen molar-refractivity contribution in [2.45, 2.75) is 52.4 Å². The number of allylic oxidation sites excluding steroid dienone is 1. The fraction of sp³-hybridized carbons (Fsp3) is 0.400. The van der Waals surface area contributed by atoms with Gasteiger partial charge in [-0.25, -0.2) is 9.78 Å². The summed E-state index contributed by atoms with van der Waals surface area (Å²) >= 11 is 1.72. The number of thiazole rings is 1. The van der Waals surface area contributed by atoms with Crippen LogP contribution in [-0.2, 0) is 11.2 Å². The second-order valence-electron chi connectivity index (χ2n) is 5.73. The van der Waals surface area contributed by atoms with E-state index in [1.807, 2.05) is 36.5 Å². The van der Waals surface area contributed by atoms with Gasteiger partial charge < -0.3 is 4.74 Å². The van der Waals surface area contributed by atoms with E-state index >= 15 is 0 Å². The van der Waals surface area contributed by atoms with Crippen molar-refractivity contribution in [3.05, 3.63) is 47.5 Å². The number of unbranched alkanes of at least 4 members (excludes halogenated alkanes) is 3. The van der Waals surface area contributed by atoms with E-state index in [0.29, 0.717) is 5.75 Å². The summed E-state index contributed by atoms with van der Waals surface area (Å²) in [5.41, 5.74) is 1.05. The van der Waals surface area contributed by atoms with Gasteiger partial charge in [-0.3, -0.25) is 0 Å². The van der Waals surface area contributed by atoms with Gasteiger partial charge in [0, 0.05) is 22.7 Å². The number of nitrogens with zero attached hydrogens (tertiary/aromatic N) is 1. The van der Waals surface area contributed by atoms with Crippen molar-refractivity contribution in [1.29, 1.82) is 0 Å². The molecule has 0 atom stereocenters. The third-order valence-corrected chi connectivity index (χ3v) is 4.70. The zero-order valence-corrected chi connectivity index (χ0v) is 15.3. The fourth-order valence-corrected chi connectivity index (χ4v) is 3.33. The lowest BCUT2D eigenvalue weighted by Crippen LogP contribution is -2.03. The van der Waals surface area contributed by atoms with Gasteiger partial charge in [-0.15, -0.1) is 11.3 Å². The second kappa shape index (κ2) is 10.0. The van der Waals surface area contributed by atoms with Gasteiger partial charge in [-0.2, -0.15) is 0 Å². The predicted molar refractivity (Wildman–Crippen MR) is 100 cm³/mol. The lowest BCUT2D eigenvalue weighted by atomic mass is 10.2. The summed E-state index contributed by atoms with van der Waals surface area (Å²) in [6, 6.07) is 7.53. The number of aromatic nitrogens is 1. The van der Waals surface area contributed by atoms with Gasteiger partial charge in [0.2, 0.25) is 0 Å². The SMILES string of the molecule is CCCCCC=CC(=O)Oc1ccc(-c2ncc(CCC)s2)cc1. The molecule has 0 aliphatic heterocycles. The zero-order chi connectivity index (χ0) is 17.2. The maximum absolute atomic E-state index is 11.8. The lowest BCUT2D eigenvalue weighted by Gasteiger charge is -2.02. The molecule has 0 radical (unpaired) electrons. The van der Waals surface area contributed by atoms with Crippen molar-refractivity contribution in [2.75, 3.05) is 0 Å². The third kappa shape index (κ3) is 5.93. The van der Waals surface area contributed by atoms with Crippen LogP contribution in [0.15, 0.2) is 42.6 Å². The molecule has 0 aliphatic carbocycles. The Morgan fingerprint density at radius 1 is 1.17 bits per heavy atom. The first-order valence-corrected chi connectivity index (χ1v) is 9.48. The van der Waals surface area contributed by atoms with Crippen molar-refractivity contribution in [2.24, 2.45) is 0 Å². The summed E-state index contributed by atoms with van der Waals surface area (Å²) in [5, 5.41) is 1.01. The highest BCUT2D eigenvalue weighted by molar-refractivity contribution is 7.15. The minimum atomic E-state index is -0.321. The zero-order valence-electron chi connectivity index (χ0n) is 14.5. The third-order valence-electron chi connectivity index (χ3n) is 3.60. The normalized spacial score (nSPS) is 11.1. The number of benzene rings is 1. The van der Waals surface area contributed by atoms with Gasteiger partial charge in [0.05, 0.1) is 0 Å². The maximum Gasteiger partial charge on any atom is 0.335 e. The molecule has 1 aromatic carbocycles. The smallest absolute Gasteiger partial charge is 0.335 e. The summed E-state index contributed by atoms with van der Waals surface area (Å²) in [4.78, 5) is 17.5. The Morgan fingerprint density at radius 2 is 1.96 bits per heavy atom. The molecule has 24 heavy (non-hydrogen) atoms. The molecule has 0 aliphatic rings. The van der Waals surface area contributed by atoms with Crippen LogP contribution < -0.4 is 4.74 Å². The van der Waals surface area contributed by atoms with Crippen LogP contribution in [0.4, 0.5) is 0 Å². The molecule has 0 fully saturated rings. The molecule has 1 aromatic heterocycles. The molecule has 0 bridgehead atoms. The van der Waals surface area contributed by atoms with Crippen LogP contribution in [0.1, 0.15) is 50.8 Å². The van der Waals surface area contributed by atoms with Gasteiger partial charge in [0.1, 0.15) is 10.8 Å². The molecule has 128 valence electrons. The van der Waals surface area contributed by atoms with E-state index in [0.717, 1.165) is 36.3 Å². The number of ether oxygens (including phenoxy) is 1. The summed E-state index contributed by atoms with van der Waals surface area (Å²) in [6.07, 6.45) is 12.0. The topological polar surface area (TPSA) is 39.2 Å². The molecular formula is C20H25NO2S. The van der Waals surface area contributed by atoms with Crippen molar-refractivity contribution in [1.82, 2.24) is 4.98 Å². The maximum atomic E-state index is 11.8. The Labute approximate surface area is 148 Å². The number of esters is 1. The molecule has 0 amide bonds. The van der Waals surface area contributed by atoms with E-state index in [-0.39, 0.29) is 5.97 Å². The highest BCUT2D eigenvalue weighted by Crippen LogP contribution is 2.27. The molecule has 0 spiro atoms. The van der Waals surface area contributed by atoms with Crippen molar-refractivity contribution in [3.8, 4) is 16.3 Å². The molecule has 3 nitrogen and oxygen atoms in total. The van der Waals surface area contributed by atoms with E-state index in [1.165, 1.54) is 23.8 Å². The molecule has 0 saturated carbocycles. The first-order chi connectivity index (χ1) is 11.7. The van der Waals surface area contributed by atoms with Crippen LogP contribution in [0.5, 0.6) is 5.75 Å². The highest BCUT2D eigenvalue weighted by Gasteiger charge is 2.06. The summed E-state index contributed by atoms with van der Waals surface area (Å²) in [5.74, 6) is 0.242. The Morgan fingerprint density at radius 3 is 2.67 bits per heavy atom. The van der Waals surface area contributed by atoms with Crippen LogP contribution in [0, 0.1) is 0 Å². The van der Waals surface area contributed by atoms with Gasteiger partial charge in [-0.05, 0) is 43.5 Å². The second-order valence-corrected chi connectivity index (χ2v) is 6.84. The average Bonchev–Trinajstić information content (AvgIpc) is 3.04. The Hall–Kier alpha value is -1.94. The van der Waals surface area contributed by atoms with E-state index in [2.05, 4.69) is 18.8 Å². The number of aryl methyl sites for hydroxylation is 1. The summed E-state index contributed by atoms with van der Waals surface area (Å²) in [7, 11) is 0. The highest BCUT2D eigenvalue weighted by atomic mass is 32.1. The first-order valence-electron chi connectivity index (χ1n) is 8.66. The van der Waals surface area contributed by atoms with Gasteiger partial charge in [0.15, 0.2) is 0 Å². The molecule has 4 heteroatoms. The van der Waals surface area contributed by atoms with Crippen LogP contribution in [0.2, 0.25) is 0 Å². The van der Waals surface area contributed by atoms with E-state index < -0.39 is 0 Å². The van der Waals surface area contributed by atoms with Gasteiger partial charge in [-0.1, -0.05) is 39.2 Å². The summed E-state index contributed by atoms with van der Waals surface area (Å²) in [6.45, 7) is 4.33. The number of carbonyl (C=O) groups excluding carboxylic acids is 1. The Balaban J connectivity index is 1.88.